The van der Waals surface area contributed by atoms with Crippen LogP contribution < -0.4 is 10.5 Å². The summed E-state index contributed by atoms with van der Waals surface area (Å²) in [6.07, 6.45) is 1.40. The number of imidazole rings is 1. The van der Waals surface area contributed by atoms with Gasteiger partial charge in [0.2, 0.25) is 5.88 Å². The second-order valence-corrected chi connectivity index (χ2v) is 5.98. The van der Waals surface area contributed by atoms with Crippen LogP contribution in [-0.4, -0.2) is 31.0 Å². The average Bonchev–Trinajstić information content (AvgIpc) is 3.06. The molecule has 2 aromatic heterocycles. The van der Waals surface area contributed by atoms with E-state index >= 15 is 0 Å². The molecule has 0 saturated carbocycles. The molecule has 4 rings (SSSR count). The van der Waals surface area contributed by atoms with Crippen molar-refractivity contribution in [3.63, 3.8) is 0 Å². The number of aromatic nitrogens is 4. The van der Waals surface area contributed by atoms with Gasteiger partial charge in [0.1, 0.15) is 5.75 Å². The van der Waals surface area contributed by atoms with Gasteiger partial charge >= 0.3 is 5.97 Å². The number of benzene rings is 2. The molecule has 0 aliphatic rings. The van der Waals surface area contributed by atoms with Gasteiger partial charge in [-0.2, -0.15) is 0 Å². The van der Waals surface area contributed by atoms with Gasteiger partial charge in [0.15, 0.2) is 17.3 Å². The Kier molecular flexibility index (Phi) is 3.92. The van der Waals surface area contributed by atoms with E-state index in [0.29, 0.717) is 17.3 Å². The first-order valence-electron chi connectivity index (χ1n) is 8.10. The molecule has 4 aromatic rings. The minimum Gasteiger partial charge on any atom is -0.478 e. The van der Waals surface area contributed by atoms with E-state index in [1.165, 1.54) is 18.3 Å². The fraction of sp³-hybridized carbons (Fsp3) is 0.0526. The number of aryl methyl sites for hydroxylation is 1. The molecule has 8 nitrogen and oxygen atoms in total. The Balaban J connectivity index is 1.67. The van der Waals surface area contributed by atoms with Crippen molar-refractivity contribution in [3.8, 4) is 23.1 Å². The summed E-state index contributed by atoms with van der Waals surface area (Å²) in [6, 6.07) is 11.9. The molecule has 134 valence electrons. The second kappa shape index (κ2) is 6.41. The number of aromatic carboxylic acids is 1. The van der Waals surface area contributed by atoms with Crippen LogP contribution in [0.15, 0.2) is 48.7 Å². The predicted octanol–water partition coefficient (Wildman–Crippen LogP) is 3.40. The topological polar surface area (TPSA) is 127 Å². The molecular weight excluding hydrogens is 346 g/mol. The zero-order valence-corrected chi connectivity index (χ0v) is 14.3. The number of anilines is 1. The van der Waals surface area contributed by atoms with E-state index in [-0.39, 0.29) is 17.3 Å². The summed E-state index contributed by atoms with van der Waals surface area (Å²) in [5.41, 5.74) is 9.30. The number of nitrogens with two attached hydrogens (primary N) is 1. The van der Waals surface area contributed by atoms with E-state index in [2.05, 4.69) is 19.9 Å². The van der Waals surface area contributed by atoms with Crippen LogP contribution in [0.5, 0.6) is 11.6 Å². The van der Waals surface area contributed by atoms with Crippen LogP contribution >= 0.6 is 0 Å². The lowest BCUT2D eigenvalue weighted by Gasteiger charge is -2.07. The monoisotopic (exact) mass is 361 g/mol. The largest absolute Gasteiger partial charge is 0.478 e. The fourth-order valence-corrected chi connectivity index (χ4v) is 2.63. The molecular formula is C19H15N5O3. The Labute approximate surface area is 153 Å². The summed E-state index contributed by atoms with van der Waals surface area (Å²) in [5.74, 6) is 0.368. The predicted molar refractivity (Wildman–Crippen MR) is 99.7 cm³/mol. The minimum atomic E-state index is -1.00. The highest BCUT2D eigenvalue weighted by Gasteiger charge is 2.14. The maximum Gasteiger partial charge on any atom is 0.335 e. The Morgan fingerprint density at radius 1 is 1.15 bits per heavy atom. The third kappa shape index (κ3) is 3.28. The molecule has 0 bridgehead atoms. The highest BCUT2D eigenvalue weighted by molar-refractivity contribution is 5.87. The first-order valence-corrected chi connectivity index (χ1v) is 8.10. The van der Waals surface area contributed by atoms with Gasteiger partial charge in [-0.15, -0.1) is 0 Å². The van der Waals surface area contributed by atoms with Gasteiger partial charge in [-0.1, -0.05) is 6.07 Å². The third-order valence-electron chi connectivity index (χ3n) is 3.96. The average molecular weight is 361 g/mol. The fourth-order valence-electron chi connectivity index (χ4n) is 2.63. The van der Waals surface area contributed by atoms with Crippen molar-refractivity contribution in [1.29, 1.82) is 0 Å². The van der Waals surface area contributed by atoms with Crippen molar-refractivity contribution >= 4 is 22.8 Å². The number of carbonyl (C=O) groups is 1. The number of carboxylic acid groups (broad SMARTS) is 1. The van der Waals surface area contributed by atoms with Gasteiger partial charge in [-0.3, -0.25) is 0 Å². The zero-order chi connectivity index (χ0) is 19.0. The summed E-state index contributed by atoms with van der Waals surface area (Å²) in [7, 11) is 0. The zero-order valence-electron chi connectivity index (χ0n) is 14.3. The second-order valence-electron chi connectivity index (χ2n) is 5.98. The van der Waals surface area contributed by atoms with E-state index < -0.39 is 5.97 Å². The molecule has 0 fully saturated rings. The Morgan fingerprint density at radius 3 is 2.67 bits per heavy atom. The van der Waals surface area contributed by atoms with Crippen LogP contribution in [0.3, 0.4) is 0 Å². The van der Waals surface area contributed by atoms with Crippen LogP contribution in [-0.2, 0) is 0 Å². The van der Waals surface area contributed by atoms with Crippen LogP contribution in [0, 0.1) is 6.92 Å². The van der Waals surface area contributed by atoms with Gasteiger partial charge in [0.25, 0.3) is 0 Å². The molecule has 4 N–H and O–H groups in total. The molecule has 2 heterocycles. The molecule has 0 saturated heterocycles. The summed E-state index contributed by atoms with van der Waals surface area (Å²) >= 11 is 0. The van der Waals surface area contributed by atoms with E-state index in [0.717, 1.165) is 16.6 Å². The van der Waals surface area contributed by atoms with Gasteiger partial charge < -0.3 is 20.6 Å². The van der Waals surface area contributed by atoms with Crippen molar-refractivity contribution in [2.24, 2.45) is 0 Å². The number of fused-ring (bicyclic) bond motifs is 1. The number of H-pyrrole nitrogens is 1. The van der Waals surface area contributed by atoms with Gasteiger partial charge in [0, 0.05) is 0 Å². The van der Waals surface area contributed by atoms with E-state index in [4.69, 9.17) is 15.6 Å². The molecule has 0 aliphatic carbocycles. The molecule has 2 aromatic carbocycles. The number of nitrogens with one attached hydrogen (secondary N) is 1. The SMILES string of the molecule is Cc1ccc2nc(-c3nc(Oc4ccc(C(=O)O)cc4)cnc3N)[nH]c2c1. The Morgan fingerprint density at radius 2 is 1.93 bits per heavy atom. The van der Waals surface area contributed by atoms with Crippen molar-refractivity contribution in [3.05, 3.63) is 59.8 Å². The number of hydrogen-bond donors (Lipinski definition) is 3. The van der Waals surface area contributed by atoms with Gasteiger partial charge in [0.05, 0.1) is 22.8 Å². The normalized spacial score (nSPS) is 10.9. The number of nitrogen functional groups attached to an aromatic ring is 1. The number of aromatic amines is 1. The molecule has 0 radical (unpaired) electrons. The van der Waals surface area contributed by atoms with Crippen LogP contribution in [0.2, 0.25) is 0 Å². The summed E-state index contributed by atoms with van der Waals surface area (Å²) in [5, 5.41) is 8.95. The molecule has 0 amide bonds. The molecule has 0 unspecified atom stereocenters. The van der Waals surface area contributed by atoms with Crippen LogP contribution in [0.25, 0.3) is 22.6 Å². The maximum atomic E-state index is 10.9. The molecule has 8 heteroatoms. The Hall–Kier alpha value is -3.94. The van der Waals surface area contributed by atoms with E-state index in [9.17, 15) is 4.79 Å². The maximum absolute atomic E-state index is 10.9. The minimum absolute atomic E-state index is 0.170. The number of carboxylic acids is 1. The summed E-state index contributed by atoms with van der Waals surface area (Å²) < 4.78 is 5.66. The summed E-state index contributed by atoms with van der Waals surface area (Å²) in [6.45, 7) is 2.00. The molecule has 0 atom stereocenters. The quantitative estimate of drug-likeness (QED) is 0.508. The van der Waals surface area contributed by atoms with Crippen LogP contribution in [0.1, 0.15) is 15.9 Å². The van der Waals surface area contributed by atoms with Crippen molar-refractivity contribution in [2.45, 2.75) is 6.92 Å². The molecule has 0 aliphatic heterocycles. The van der Waals surface area contributed by atoms with Gasteiger partial charge in [-0.25, -0.2) is 19.7 Å². The first-order chi connectivity index (χ1) is 13.0. The molecule has 0 spiro atoms. The number of nitrogens with zero attached hydrogens (tertiary/aromatic N) is 3. The van der Waals surface area contributed by atoms with E-state index in [1.54, 1.807) is 12.1 Å². The number of hydrogen-bond acceptors (Lipinski definition) is 6. The summed E-state index contributed by atoms with van der Waals surface area (Å²) in [4.78, 5) is 27.1. The lowest BCUT2D eigenvalue weighted by molar-refractivity contribution is 0.0697. The van der Waals surface area contributed by atoms with Crippen molar-refractivity contribution < 1.29 is 14.6 Å². The highest BCUT2D eigenvalue weighted by Crippen LogP contribution is 2.27. The number of ether oxygens (including phenoxy) is 1. The first kappa shape index (κ1) is 16.5. The van der Waals surface area contributed by atoms with Crippen molar-refractivity contribution in [1.82, 2.24) is 19.9 Å². The Bertz CT molecular complexity index is 1150. The van der Waals surface area contributed by atoms with Gasteiger partial charge in [-0.05, 0) is 48.9 Å². The van der Waals surface area contributed by atoms with Crippen molar-refractivity contribution in [2.75, 3.05) is 5.73 Å². The smallest absolute Gasteiger partial charge is 0.335 e. The lowest BCUT2D eigenvalue weighted by Crippen LogP contribution is -2.00. The lowest BCUT2D eigenvalue weighted by atomic mass is 10.2. The third-order valence-corrected chi connectivity index (χ3v) is 3.96. The van der Waals surface area contributed by atoms with Crippen LogP contribution in [0.4, 0.5) is 5.82 Å². The van der Waals surface area contributed by atoms with E-state index in [1.807, 2.05) is 25.1 Å². The molecule has 27 heavy (non-hydrogen) atoms. The highest BCUT2D eigenvalue weighted by atomic mass is 16.5. The standard InChI is InChI=1S/C19H15N5O3/c1-10-2-7-13-14(8-10)23-18(22-13)16-17(20)21-9-15(24-16)27-12-5-3-11(4-6-12)19(25)26/h2-9H,1H3,(H2,20,21)(H,22,23)(H,25,26). The number of rotatable bonds is 4.